The lowest BCUT2D eigenvalue weighted by molar-refractivity contribution is 0.936. The molecule has 4 rings (SSSR count). The van der Waals surface area contributed by atoms with E-state index < -0.39 is 0 Å². The number of benzene rings is 2. The van der Waals surface area contributed by atoms with E-state index in [0.29, 0.717) is 6.54 Å². The van der Waals surface area contributed by atoms with Gasteiger partial charge in [-0.2, -0.15) is 0 Å². The predicted molar refractivity (Wildman–Crippen MR) is 119 cm³/mol. The molecule has 0 saturated heterocycles. The third-order valence-corrected chi connectivity index (χ3v) is 5.68. The molecule has 0 aliphatic carbocycles. The van der Waals surface area contributed by atoms with Gasteiger partial charge in [0.1, 0.15) is 11.6 Å². The van der Waals surface area contributed by atoms with Gasteiger partial charge in [-0.15, -0.1) is 11.3 Å². The second-order valence-electron chi connectivity index (χ2n) is 7.09. The summed E-state index contributed by atoms with van der Waals surface area (Å²) in [5.74, 6) is 1.68. The van der Waals surface area contributed by atoms with Crippen LogP contribution in [0.1, 0.15) is 38.9 Å². The second-order valence-corrected chi connectivity index (χ2v) is 8.04. The monoisotopic (exact) mass is 400 g/mol. The van der Waals surface area contributed by atoms with Crippen molar-refractivity contribution < 1.29 is 0 Å². The number of nitrogens with zero attached hydrogens (tertiary/aromatic N) is 3. The summed E-state index contributed by atoms with van der Waals surface area (Å²) in [6, 6.07) is 20.9. The molecular formula is C24H24N4S. The van der Waals surface area contributed by atoms with Crippen molar-refractivity contribution >= 4 is 17.2 Å². The van der Waals surface area contributed by atoms with Crippen molar-refractivity contribution in [3.63, 3.8) is 0 Å². The Kier molecular flexibility index (Phi) is 5.96. The van der Waals surface area contributed by atoms with Crippen molar-refractivity contribution in [2.45, 2.75) is 33.2 Å². The molecule has 5 heteroatoms. The first-order chi connectivity index (χ1) is 14.2. The van der Waals surface area contributed by atoms with Gasteiger partial charge in [0.05, 0.1) is 17.2 Å². The van der Waals surface area contributed by atoms with Crippen LogP contribution in [0, 0.1) is 13.8 Å². The molecule has 0 aliphatic rings. The molecule has 2 aromatic carbocycles. The fourth-order valence-electron chi connectivity index (χ4n) is 3.35. The third kappa shape index (κ3) is 5.06. The van der Waals surface area contributed by atoms with Crippen LogP contribution in [0.25, 0.3) is 0 Å². The van der Waals surface area contributed by atoms with E-state index >= 15 is 0 Å². The number of aromatic nitrogens is 3. The highest BCUT2D eigenvalue weighted by molar-refractivity contribution is 7.09. The van der Waals surface area contributed by atoms with Crippen molar-refractivity contribution in [2.24, 2.45) is 0 Å². The molecule has 0 unspecified atom stereocenters. The summed E-state index contributed by atoms with van der Waals surface area (Å²) in [7, 11) is 0. The van der Waals surface area contributed by atoms with E-state index in [4.69, 9.17) is 4.98 Å². The van der Waals surface area contributed by atoms with Gasteiger partial charge in [0, 0.05) is 29.5 Å². The molecule has 4 aromatic rings. The molecule has 0 spiro atoms. The Bertz CT molecular complexity index is 1070. The van der Waals surface area contributed by atoms with Gasteiger partial charge in [0.2, 0.25) is 0 Å². The van der Waals surface area contributed by atoms with Crippen LogP contribution in [-0.4, -0.2) is 15.0 Å². The zero-order valence-corrected chi connectivity index (χ0v) is 17.5. The lowest BCUT2D eigenvalue weighted by Gasteiger charge is -2.14. The van der Waals surface area contributed by atoms with E-state index in [1.54, 1.807) is 11.3 Å². The Morgan fingerprint density at radius 2 is 1.45 bits per heavy atom. The molecule has 0 saturated carbocycles. The fourth-order valence-corrected chi connectivity index (χ4v) is 4.18. The van der Waals surface area contributed by atoms with E-state index in [1.165, 1.54) is 11.1 Å². The molecule has 0 fully saturated rings. The van der Waals surface area contributed by atoms with Crippen molar-refractivity contribution in [1.82, 2.24) is 15.0 Å². The number of anilines is 1. The number of thiazole rings is 1. The van der Waals surface area contributed by atoms with Crippen LogP contribution in [0.2, 0.25) is 0 Å². The Morgan fingerprint density at radius 3 is 2.14 bits per heavy atom. The molecule has 29 heavy (non-hydrogen) atoms. The zero-order valence-electron chi connectivity index (χ0n) is 16.7. The first-order valence-corrected chi connectivity index (χ1v) is 10.6. The van der Waals surface area contributed by atoms with E-state index in [0.717, 1.165) is 46.4 Å². The van der Waals surface area contributed by atoms with Crippen LogP contribution in [-0.2, 0) is 19.4 Å². The number of rotatable bonds is 7. The topological polar surface area (TPSA) is 50.7 Å². The lowest BCUT2D eigenvalue weighted by atomic mass is 10.0. The van der Waals surface area contributed by atoms with Crippen molar-refractivity contribution in [2.75, 3.05) is 5.32 Å². The lowest BCUT2D eigenvalue weighted by Crippen LogP contribution is -2.10. The number of hydrogen-bond donors (Lipinski definition) is 1. The number of hydrogen-bond acceptors (Lipinski definition) is 5. The minimum atomic E-state index is 0.656. The van der Waals surface area contributed by atoms with Gasteiger partial charge in [0.15, 0.2) is 0 Å². The standard InChI is InChI=1S/C24H24N4S/c1-17-22(13-19-9-5-3-6-10-19)24(27-18(2)26-17)25-15-21-16-29-23(28-21)14-20-11-7-4-8-12-20/h3-12,16H,13-15H2,1-2H3,(H,25,26,27). The summed E-state index contributed by atoms with van der Waals surface area (Å²) < 4.78 is 0. The predicted octanol–water partition coefficient (Wildman–Crippen LogP) is 5.34. The van der Waals surface area contributed by atoms with Gasteiger partial charge in [0.25, 0.3) is 0 Å². The first-order valence-electron chi connectivity index (χ1n) is 9.76. The average molecular weight is 401 g/mol. The smallest absolute Gasteiger partial charge is 0.133 e. The van der Waals surface area contributed by atoms with Crippen molar-refractivity contribution in [1.29, 1.82) is 0 Å². The summed E-state index contributed by atoms with van der Waals surface area (Å²) in [5.41, 5.74) is 5.74. The number of aryl methyl sites for hydroxylation is 2. The van der Waals surface area contributed by atoms with Gasteiger partial charge < -0.3 is 5.32 Å². The van der Waals surface area contributed by atoms with Crippen molar-refractivity contribution in [3.05, 3.63) is 105 Å². The Labute approximate surface area is 175 Å². The molecular weight excluding hydrogens is 376 g/mol. The molecule has 4 nitrogen and oxygen atoms in total. The quantitative estimate of drug-likeness (QED) is 0.455. The summed E-state index contributed by atoms with van der Waals surface area (Å²) in [6.07, 6.45) is 1.68. The molecule has 0 radical (unpaired) electrons. The van der Waals surface area contributed by atoms with Gasteiger partial charge in [-0.25, -0.2) is 15.0 Å². The Morgan fingerprint density at radius 1 is 0.793 bits per heavy atom. The Hall–Kier alpha value is -3.05. The van der Waals surface area contributed by atoms with Gasteiger partial charge in [-0.05, 0) is 25.0 Å². The van der Waals surface area contributed by atoms with Crippen LogP contribution in [0.5, 0.6) is 0 Å². The minimum absolute atomic E-state index is 0.656. The van der Waals surface area contributed by atoms with Crippen LogP contribution in [0.4, 0.5) is 5.82 Å². The highest BCUT2D eigenvalue weighted by Crippen LogP contribution is 2.22. The highest BCUT2D eigenvalue weighted by Gasteiger charge is 2.12. The van der Waals surface area contributed by atoms with Crippen LogP contribution < -0.4 is 5.32 Å². The van der Waals surface area contributed by atoms with E-state index in [-0.39, 0.29) is 0 Å². The molecule has 2 aromatic heterocycles. The normalized spacial score (nSPS) is 10.8. The zero-order chi connectivity index (χ0) is 20.1. The SMILES string of the molecule is Cc1nc(C)c(Cc2ccccc2)c(NCc2csc(Cc3ccccc3)n2)n1. The van der Waals surface area contributed by atoms with Crippen molar-refractivity contribution in [3.8, 4) is 0 Å². The van der Waals surface area contributed by atoms with Gasteiger partial charge in [-0.3, -0.25) is 0 Å². The summed E-state index contributed by atoms with van der Waals surface area (Å²) >= 11 is 1.71. The van der Waals surface area contributed by atoms with Gasteiger partial charge in [-0.1, -0.05) is 60.7 Å². The van der Waals surface area contributed by atoms with Crippen LogP contribution >= 0.6 is 11.3 Å². The number of nitrogens with one attached hydrogen (secondary N) is 1. The largest absolute Gasteiger partial charge is 0.364 e. The van der Waals surface area contributed by atoms with Crippen LogP contribution in [0.3, 0.4) is 0 Å². The molecule has 0 atom stereocenters. The summed E-state index contributed by atoms with van der Waals surface area (Å²) in [6.45, 7) is 4.65. The fraction of sp³-hybridized carbons (Fsp3) is 0.208. The molecule has 2 heterocycles. The maximum atomic E-state index is 4.79. The van der Waals surface area contributed by atoms with E-state index in [9.17, 15) is 0 Å². The summed E-state index contributed by atoms with van der Waals surface area (Å²) in [4.78, 5) is 14.0. The minimum Gasteiger partial charge on any atom is -0.364 e. The Balaban J connectivity index is 1.48. The van der Waals surface area contributed by atoms with Crippen LogP contribution in [0.15, 0.2) is 66.0 Å². The molecule has 0 aliphatic heterocycles. The first kappa shape index (κ1) is 19.3. The maximum Gasteiger partial charge on any atom is 0.133 e. The van der Waals surface area contributed by atoms with E-state index in [1.807, 2.05) is 19.1 Å². The average Bonchev–Trinajstić information content (AvgIpc) is 3.17. The highest BCUT2D eigenvalue weighted by atomic mass is 32.1. The molecule has 146 valence electrons. The molecule has 0 amide bonds. The second kappa shape index (κ2) is 8.97. The summed E-state index contributed by atoms with van der Waals surface area (Å²) in [5, 5.41) is 6.76. The van der Waals surface area contributed by atoms with Gasteiger partial charge >= 0.3 is 0 Å². The molecule has 1 N–H and O–H groups in total. The maximum absolute atomic E-state index is 4.79. The third-order valence-electron chi connectivity index (χ3n) is 4.78. The van der Waals surface area contributed by atoms with E-state index in [2.05, 4.69) is 76.1 Å². The molecule has 0 bridgehead atoms.